The molecule has 0 aliphatic rings. The average molecular weight is 426 g/mol. The minimum Gasteiger partial charge on any atom is -0.288 e. The molecule has 3 heteroatoms. The van der Waals surface area contributed by atoms with E-state index in [9.17, 15) is 4.79 Å². The summed E-state index contributed by atoms with van der Waals surface area (Å²) in [7, 11) is -0.352. The molecule has 0 aliphatic heterocycles. The largest absolute Gasteiger partial charge is 0.288 e. The Hall–Kier alpha value is -2.88. The fourth-order valence-corrected chi connectivity index (χ4v) is 7.11. The van der Waals surface area contributed by atoms with Gasteiger partial charge in [0.2, 0.25) is 5.43 Å². The number of fused-ring (bicyclic) bond motifs is 2. The molecular formula is C27H21OS2+. The zero-order chi connectivity index (χ0) is 20.7. The number of benzene rings is 4. The van der Waals surface area contributed by atoms with Gasteiger partial charge in [-0.25, -0.2) is 0 Å². The number of hydrogen-bond acceptors (Lipinski definition) is 2. The first-order valence-corrected chi connectivity index (χ1v) is 12.0. The Labute approximate surface area is 183 Å². The van der Waals surface area contributed by atoms with E-state index >= 15 is 0 Å². The Kier molecular flexibility index (Phi) is 4.93. The van der Waals surface area contributed by atoms with Crippen LogP contribution in [0.15, 0.2) is 110 Å². The Bertz CT molecular complexity index is 1370. The molecule has 0 saturated carbocycles. The van der Waals surface area contributed by atoms with Gasteiger partial charge in [0.05, 0.1) is 5.39 Å². The average Bonchev–Trinajstić information content (AvgIpc) is 2.77. The highest BCUT2D eigenvalue weighted by Gasteiger charge is 2.31. The summed E-state index contributed by atoms with van der Waals surface area (Å²) in [6, 6.07) is 31.7. The monoisotopic (exact) mass is 425 g/mol. The van der Waals surface area contributed by atoms with E-state index in [0.717, 1.165) is 25.1 Å². The predicted octanol–water partition coefficient (Wildman–Crippen LogP) is 7.13. The van der Waals surface area contributed by atoms with E-state index in [4.69, 9.17) is 0 Å². The molecule has 0 aliphatic carbocycles. The Morgan fingerprint density at radius 3 is 1.83 bits per heavy atom. The van der Waals surface area contributed by atoms with Crippen LogP contribution in [0.25, 0.3) is 20.2 Å². The van der Waals surface area contributed by atoms with Gasteiger partial charge in [0.1, 0.15) is 10.9 Å². The van der Waals surface area contributed by atoms with Crippen LogP contribution in [-0.2, 0) is 10.9 Å². The van der Waals surface area contributed by atoms with Gasteiger partial charge in [0.15, 0.2) is 14.7 Å². The first-order valence-electron chi connectivity index (χ1n) is 9.94. The van der Waals surface area contributed by atoms with Crippen molar-refractivity contribution in [3.8, 4) is 0 Å². The Balaban J connectivity index is 1.85. The van der Waals surface area contributed by atoms with E-state index in [1.54, 1.807) is 11.3 Å². The molecule has 0 bridgehead atoms. The molecule has 0 radical (unpaired) electrons. The zero-order valence-electron chi connectivity index (χ0n) is 16.9. The van der Waals surface area contributed by atoms with Crippen molar-refractivity contribution in [2.45, 2.75) is 28.5 Å². The van der Waals surface area contributed by atoms with E-state index < -0.39 is 0 Å². The van der Waals surface area contributed by atoms with Crippen molar-refractivity contribution in [2.75, 3.05) is 0 Å². The van der Waals surface area contributed by atoms with Crippen molar-refractivity contribution in [1.29, 1.82) is 0 Å². The van der Waals surface area contributed by atoms with Gasteiger partial charge >= 0.3 is 0 Å². The predicted molar refractivity (Wildman–Crippen MR) is 130 cm³/mol. The van der Waals surface area contributed by atoms with Crippen molar-refractivity contribution in [3.05, 3.63) is 112 Å². The molecule has 0 amide bonds. The molecule has 5 rings (SSSR count). The van der Waals surface area contributed by atoms with Crippen LogP contribution in [-0.4, -0.2) is 0 Å². The summed E-state index contributed by atoms with van der Waals surface area (Å²) >= 11 is 1.70. The van der Waals surface area contributed by atoms with Crippen LogP contribution in [0.5, 0.6) is 0 Å². The highest BCUT2D eigenvalue weighted by atomic mass is 32.2. The minimum absolute atomic E-state index is 0.131. The van der Waals surface area contributed by atoms with E-state index in [-0.39, 0.29) is 16.3 Å². The molecule has 1 aromatic heterocycles. The standard InChI is InChI=1S/C27H21OS2/c1-18-10-14-20(15-11-18)30(21-16-12-19(2)13-17-21)25-9-5-8-24-26(25)27(28)22-6-3-4-7-23(22)29-24/h3-17H,1-2H3/q+1. The van der Waals surface area contributed by atoms with Crippen molar-refractivity contribution in [2.24, 2.45) is 0 Å². The second-order valence-electron chi connectivity index (χ2n) is 7.49. The van der Waals surface area contributed by atoms with Crippen LogP contribution in [0.3, 0.4) is 0 Å². The maximum absolute atomic E-state index is 13.6. The molecule has 0 atom stereocenters. The van der Waals surface area contributed by atoms with Gasteiger partial charge in [-0.05, 0) is 62.4 Å². The van der Waals surface area contributed by atoms with Gasteiger partial charge in [0, 0.05) is 14.8 Å². The summed E-state index contributed by atoms with van der Waals surface area (Å²) in [6.45, 7) is 4.21. The molecule has 0 fully saturated rings. The first kappa shape index (κ1) is 19.1. The summed E-state index contributed by atoms with van der Waals surface area (Å²) in [5.41, 5.74) is 2.61. The fraction of sp³-hybridized carbons (Fsp3) is 0.0741. The Morgan fingerprint density at radius 2 is 1.20 bits per heavy atom. The Morgan fingerprint density at radius 1 is 0.633 bits per heavy atom. The third-order valence-corrected chi connectivity index (χ3v) is 8.70. The van der Waals surface area contributed by atoms with Gasteiger partial charge in [-0.3, -0.25) is 4.79 Å². The van der Waals surface area contributed by atoms with E-state index in [1.165, 1.54) is 20.9 Å². The van der Waals surface area contributed by atoms with Crippen LogP contribution in [0, 0.1) is 13.8 Å². The molecule has 5 aromatic rings. The van der Waals surface area contributed by atoms with E-state index in [1.807, 2.05) is 24.3 Å². The maximum Gasteiger partial charge on any atom is 0.200 e. The lowest BCUT2D eigenvalue weighted by Gasteiger charge is -2.11. The molecule has 146 valence electrons. The van der Waals surface area contributed by atoms with E-state index in [0.29, 0.717) is 0 Å². The van der Waals surface area contributed by atoms with Crippen molar-refractivity contribution < 1.29 is 0 Å². The molecular weight excluding hydrogens is 404 g/mol. The quantitative estimate of drug-likeness (QED) is 0.222. The molecule has 1 heterocycles. The minimum atomic E-state index is -0.352. The van der Waals surface area contributed by atoms with Crippen LogP contribution < -0.4 is 5.43 Å². The molecule has 30 heavy (non-hydrogen) atoms. The third-order valence-electron chi connectivity index (χ3n) is 5.30. The molecule has 1 nitrogen and oxygen atoms in total. The van der Waals surface area contributed by atoms with Crippen LogP contribution in [0.1, 0.15) is 11.1 Å². The van der Waals surface area contributed by atoms with Gasteiger partial charge in [-0.15, -0.1) is 11.3 Å². The van der Waals surface area contributed by atoms with Crippen LogP contribution >= 0.6 is 11.3 Å². The molecule has 0 unspecified atom stereocenters. The van der Waals surface area contributed by atoms with Crippen molar-refractivity contribution >= 4 is 42.4 Å². The molecule has 0 saturated heterocycles. The topological polar surface area (TPSA) is 17.1 Å². The maximum atomic E-state index is 13.6. The highest BCUT2D eigenvalue weighted by molar-refractivity contribution is 7.97. The second kappa shape index (κ2) is 7.75. The number of rotatable bonds is 3. The van der Waals surface area contributed by atoms with Crippen molar-refractivity contribution in [3.63, 3.8) is 0 Å². The van der Waals surface area contributed by atoms with Crippen molar-refractivity contribution in [1.82, 2.24) is 0 Å². The fourth-order valence-electron chi connectivity index (χ4n) is 3.73. The summed E-state index contributed by atoms with van der Waals surface area (Å²) < 4.78 is 2.09. The lowest BCUT2D eigenvalue weighted by atomic mass is 10.2. The van der Waals surface area contributed by atoms with E-state index in [2.05, 4.69) is 80.6 Å². The summed E-state index contributed by atoms with van der Waals surface area (Å²) in [5.74, 6) is 0. The van der Waals surface area contributed by atoms with Gasteiger partial charge < -0.3 is 0 Å². The highest BCUT2D eigenvalue weighted by Crippen LogP contribution is 2.36. The zero-order valence-corrected chi connectivity index (χ0v) is 18.5. The third kappa shape index (κ3) is 3.34. The summed E-state index contributed by atoms with van der Waals surface area (Å²) in [6.07, 6.45) is 0. The lowest BCUT2D eigenvalue weighted by molar-refractivity contribution is 1.30. The van der Waals surface area contributed by atoms with Crippen LogP contribution in [0.4, 0.5) is 0 Å². The SMILES string of the molecule is Cc1ccc([S+](c2ccc(C)cc2)c2cccc3sc4ccccc4c(=O)c23)cc1. The second-order valence-corrected chi connectivity index (χ2v) is 10.6. The summed E-state index contributed by atoms with van der Waals surface area (Å²) in [4.78, 5) is 17.2. The smallest absolute Gasteiger partial charge is 0.200 e. The molecule has 0 N–H and O–H groups in total. The molecule has 0 spiro atoms. The molecule has 4 aromatic carbocycles. The lowest BCUT2D eigenvalue weighted by Crippen LogP contribution is -2.10. The van der Waals surface area contributed by atoms with Gasteiger partial charge in [0.25, 0.3) is 0 Å². The van der Waals surface area contributed by atoms with Crippen LogP contribution in [0.2, 0.25) is 0 Å². The number of aryl methyl sites for hydroxylation is 2. The summed E-state index contributed by atoms with van der Waals surface area (Å²) in [5, 5.41) is 1.66. The normalized spacial score (nSPS) is 11.4. The van der Waals surface area contributed by atoms with Gasteiger partial charge in [-0.1, -0.05) is 53.6 Å². The van der Waals surface area contributed by atoms with Gasteiger partial charge in [-0.2, -0.15) is 0 Å². The first-order chi connectivity index (χ1) is 14.6. The number of hydrogen-bond donors (Lipinski definition) is 0.